The van der Waals surface area contributed by atoms with Crippen LogP contribution in [0.1, 0.15) is 36.0 Å². The van der Waals surface area contributed by atoms with E-state index in [4.69, 9.17) is 22.0 Å². The van der Waals surface area contributed by atoms with Gasteiger partial charge < -0.3 is 16.6 Å². The van der Waals surface area contributed by atoms with Gasteiger partial charge in [-0.3, -0.25) is 24.7 Å². The minimum atomic E-state index is -4.91. The van der Waals surface area contributed by atoms with Crippen molar-refractivity contribution in [2.24, 2.45) is 11.5 Å². The fourth-order valence-electron chi connectivity index (χ4n) is 3.47. The third-order valence-electron chi connectivity index (χ3n) is 5.53. The monoisotopic (exact) mass is 576 g/mol. The third-order valence-corrected chi connectivity index (χ3v) is 5.53. The maximum atomic E-state index is 13.7. The van der Waals surface area contributed by atoms with Crippen molar-refractivity contribution < 1.29 is 45.8 Å². The molecule has 2 aromatic carbocycles. The molecule has 7 N–H and O–H groups in total. The van der Waals surface area contributed by atoms with Crippen molar-refractivity contribution in [3.05, 3.63) is 65.2 Å². The molecule has 40 heavy (non-hydrogen) atoms. The molecule has 0 saturated heterocycles. The summed E-state index contributed by atoms with van der Waals surface area (Å²) in [7, 11) is 0. The zero-order chi connectivity index (χ0) is 30.3. The standard InChI is InChI=1S/C24H26F6N6O4/c25-23(26,27)15-9-7-14(8-10-15)13-34-36(18-6-2-1-4-16(18)24(28,29)30)20(38)12-19(37)35(22(32)33)11-3-5-17(31)21(39)40/h1-2,4,6-10,17,34H,3,5,11-13,31H2,(H3,32,33)(H,39,40). The van der Waals surface area contributed by atoms with E-state index in [1.807, 2.05) is 0 Å². The van der Waals surface area contributed by atoms with Crippen LogP contribution in [0.2, 0.25) is 0 Å². The number of nitrogens with one attached hydrogen (secondary N) is 2. The average Bonchev–Trinajstić information content (AvgIpc) is 2.85. The van der Waals surface area contributed by atoms with Gasteiger partial charge in [0.05, 0.1) is 16.8 Å². The predicted octanol–water partition coefficient (Wildman–Crippen LogP) is 3.07. The van der Waals surface area contributed by atoms with Crippen LogP contribution < -0.4 is 21.9 Å². The molecular weight excluding hydrogens is 550 g/mol. The summed E-state index contributed by atoms with van der Waals surface area (Å²) in [5, 5.41) is 16.9. The van der Waals surface area contributed by atoms with Crippen molar-refractivity contribution in [1.29, 1.82) is 5.41 Å². The Kier molecular flexibility index (Phi) is 10.6. The Hall–Kier alpha value is -4.18. The van der Waals surface area contributed by atoms with Crippen molar-refractivity contribution in [3.63, 3.8) is 0 Å². The minimum absolute atomic E-state index is 0.0141. The molecule has 0 spiro atoms. The van der Waals surface area contributed by atoms with Gasteiger partial charge in [-0.05, 0) is 42.7 Å². The Morgan fingerprint density at radius 1 is 0.950 bits per heavy atom. The van der Waals surface area contributed by atoms with Gasteiger partial charge in [-0.15, -0.1) is 0 Å². The summed E-state index contributed by atoms with van der Waals surface area (Å²) in [6.07, 6.45) is -10.7. The zero-order valence-electron chi connectivity index (χ0n) is 20.7. The fraction of sp³-hybridized carbons (Fsp3) is 0.333. The number of nitrogens with zero attached hydrogens (tertiary/aromatic N) is 2. The Morgan fingerprint density at radius 3 is 2.08 bits per heavy atom. The maximum Gasteiger partial charge on any atom is 0.418 e. The number of para-hydroxylation sites is 1. The predicted molar refractivity (Wildman–Crippen MR) is 130 cm³/mol. The number of hydrogen-bond acceptors (Lipinski definition) is 6. The van der Waals surface area contributed by atoms with Gasteiger partial charge in [-0.2, -0.15) is 26.3 Å². The van der Waals surface area contributed by atoms with E-state index in [0.717, 1.165) is 36.4 Å². The van der Waals surface area contributed by atoms with E-state index in [2.05, 4.69) is 5.43 Å². The number of amides is 2. The number of carboxylic acid groups (broad SMARTS) is 1. The highest BCUT2D eigenvalue weighted by Gasteiger charge is 2.36. The van der Waals surface area contributed by atoms with Gasteiger partial charge in [0.25, 0.3) is 5.91 Å². The van der Waals surface area contributed by atoms with Crippen LogP contribution >= 0.6 is 0 Å². The highest BCUT2D eigenvalue weighted by atomic mass is 19.4. The number of halogens is 6. The molecule has 2 amide bonds. The number of nitrogens with two attached hydrogens (primary N) is 2. The van der Waals surface area contributed by atoms with E-state index in [1.165, 1.54) is 6.07 Å². The van der Waals surface area contributed by atoms with Crippen LogP contribution in [0.25, 0.3) is 0 Å². The van der Waals surface area contributed by atoms with Gasteiger partial charge in [0.2, 0.25) is 5.91 Å². The molecule has 2 rings (SSSR count). The summed E-state index contributed by atoms with van der Waals surface area (Å²) < 4.78 is 79.7. The average molecular weight is 576 g/mol. The molecule has 1 unspecified atom stereocenters. The highest BCUT2D eigenvalue weighted by Crippen LogP contribution is 2.36. The van der Waals surface area contributed by atoms with Crippen LogP contribution in [0.4, 0.5) is 32.0 Å². The minimum Gasteiger partial charge on any atom is -0.480 e. The number of guanidine groups is 1. The summed E-state index contributed by atoms with van der Waals surface area (Å²) in [4.78, 5) is 37.4. The molecule has 0 saturated carbocycles. The summed E-state index contributed by atoms with van der Waals surface area (Å²) in [6, 6.07) is 6.35. The van der Waals surface area contributed by atoms with Crippen molar-refractivity contribution in [2.45, 2.75) is 44.2 Å². The van der Waals surface area contributed by atoms with Crippen LogP contribution in [0.5, 0.6) is 0 Å². The summed E-state index contributed by atoms with van der Waals surface area (Å²) >= 11 is 0. The number of carboxylic acids is 1. The second-order valence-electron chi connectivity index (χ2n) is 8.47. The molecule has 0 fully saturated rings. The van der Waals surface area contributed by atoms with Crippen LogP contribution in [-0.2, 0) is 33.3 Å². The number of hydrogen-bond donors (Lipinski definition) is 5. The Labute approximate surface area is 224 Å². The second kappa shape index (κ2) is 13.3. The molecule has 0 radical (unpaired) electrons. The van der Waals surface area contributed by atoms with Crippen LogP contribution in [0.3, 0.4) is 0 Å². The van der Waals surface area contributed by atoms with E-state index in [9.17, 15) is 40.7 Å². The largest absolute Gasteiger partial charge is 0.480 e. The van der Waals surface area contributed by atoms with Crippen molar-refractivity contribution >= 4 is 29.4 Å². The molecule has 0 aromatic heterocycles. The lowest BCUT2D eigenvalue weighted by atomic mass is 10.1. The smallest absolute Gasteiger partial charge is 0.418 e. The van der Waals surface area contributed by atoms with Crippen molar-refractivity contribution in [3.8, 4) is 0 Å². The van der Waals surface area contributed by atoms with Crippen molar-refractivity contribution in [2.75, 3.05) is 11.6 Å². The molecule has 2 aromatic rings. The molecule has 218 valence electrons. The highest BCUT2D eigenvalue weighted by molar-refractivity contribution is 6.08. The number of benzene rings is 2. The number of hydrazine groups is 1. The van der Waals surface area contributed by atoms with Crippen LogP contribution in [0, 0.1) is 5.41 Å². The molecular formula is C24H26F6N6O4. The Morgan fingerprint density at radius 2 is 1.55 bits per heavy atom. The van der Waals surface area contributed by atoms with Gasteiger partial charge in [0.1, 0.15) is 12.5 Å². The number of carbonyl (C=O) groups excluding carboxylic acids is 2. The Balaban J connectivity index is 2.29. The first-order valence-electron chi connectivity index (χ1n) is 11.5. The van der Waals surface area contributed by atoms with E-state index >= 15 is 0 Å². The first kappa shape index (κ1) is 32.0. The van der Waals surface area contributed by atoms with Crippen LogP contribution in [0.15, 0.2) is 48.5 Å². The lowest BCUT2D eigenvalue weighted by Gasteiger charge is -2.28. The van der Waals surface area contributed by atoms with Crippen LogP contribution in [-0.4, -0.2) is 46.3 Å². The number of alkyl halides is 6. The second-order valence-corrected chi connectivity index (χ2v) is 8.47. The van der Waals surface area contributed by atoms with Crippen molar-refractivity contribution in [1.82, 2.24) is 10.3 Å². The fourth-order valence-corrected chi connectivity index (χ4v) is 3.47. The molecule has 10 nitrogen and oxygen atoms in total. The van der Waals surface area contributed by atoms with Gasteiger partial charge in [0, 0.05) is 13.1 Å². The van der Waals surface area contributed by atoms with E-state index in [0.29, 0.717) is 16.0 Å². The van der Waals surface area contributed by atoms with Gasteiger partial charge in [-0.1, -0.05) is 24.3 Å². The molecule has 0 heterocycles. The molecule has 1 atom stereocenters. The quantitative estimate of drug-likeness (QED) is 0.0902. The molecule has 0 aliphatic rings. The summed E-state index contributed by atoms with van der Waals surface area (Å²) in [5.74, 6) is -4.34. The maximum absolute atomic E-state index is 13.7. The SMILES string of the molecule is N=C(N)N(CCCC(N)C(=O)O)C(=O)CC(=O)N(NCc1ccc(C(F)(F)F)cc1)c1ccccc1C(F)(F)F. The third kappa shape index (κ3) is 8.94. The number of aliphatic carboxylic acids is 1. The number of anilines is 1. The molecule has 0 aliphatic heterocycles. The molecule has 0 bridgehead atoms. The topological polar surface area (TPSA) is 166 Å². The van der Waals surface area contributed by atoms with Gasteiger partial charge in [-0.25, -0.2) is 10.4 Å². The first-order chi connectivity index (χ1) is 18.5. The molecule has 16 heteroatoms. The number of rotatable bonds is 11. The first-order valence-corrected chi connectivity index (χ1v) is 11.5. The van der Waals surface area contributed by atoms with E-state index in [-0.39, 0.29) is 24.9 Å². The summed E-state index contributed by atoms with van der Waals surface area (Å²) in [6.45, 7) is -0.686. The lowest BCUT2D eigenvalue weighted by molar-refractivity contribution is -0.139. The normalized spacial score (nSPS) is 12.5. The van der Waals surface area contributed by atoms with E-state index in [1.54, 1.807) is 0 Å². The van der Waals surface area contributed by atoms with Gasteiger partial charge in [0.15, 0.2) is 5.96 Å². The summed E-state index contributed by atoms with van der Waals surface area (Å²) in [5.41, 5.74) is 10.6. The Bertz CT molecular complexity index is 1220. The van der Waals surface area contributed by atoms with Gasteiger partial charge >= 0.3 is 18.3 Å². The number of carbonyl (C=O) groups is 3. The lowest BCUT2D eigenvalue weighted by Crippen LogP contribution is -2.48. The van der Waals surface area contributed by atoms with E-state index < -0.39 is 71.9 Å². The molecule has 0 aliphatic carbocycles. The zero-order valence-corrected chi connectivity index (χ0v) is 20.7.